The maximum absolute atomic E-state index is 12.2. The largest absolute Gasteiger partial charge is 0.364 e. The number of aromatic nitrogens is 2. The fraction of sp³-hybridized carbons (Fsp3) is 0.174. The van der Waals surface area contributed by atoms with Crippen molar-refractivity contribution in [1.82, 2.24) is 15.3 Å². The standard InChI is InChI=1S/C23H22N4O3/c1-15(24-2)22(28)27-21-11-9-19(17-12-18(23(29)30)14-25-13-17)20(26-21)10-8-16-6-4-3-5-7-16/h3-7,9,11-15,23-24,29-30H,1-2H3,(H,26,27,28). The first-order valence-electron chi connectivity index (χ1n) is 9.35. The Balaban J connectivity index is 2.04. The predicted octanol–water partition coefficient (Wildman–Crippen LogP) is 2.07. The van der Waals surface area contributed by atoms with Crippen molar-refractivity contribution in [3.05, 3.63) is 77.7 Å². The molecule has 152 valence electrons. The number of nitrogens with zero attached hydrogens (tertiary/aromatic N) is 2. The Morgan fingerprint density at radius 3 is 2.53 bits per heavy atom. The van der Waals surface area contributed by atoms with E-state index in [0.29, 0.717) is 22.6 Å². The summed E-state index contributed by atoms with van der Waals surface area (Å²) in [5, 5.41) is 24.5. The summed E-state index contributed by atoms with van der Waals surface area (Å²) in [6.45, 7) is 1.75. The van der Waals surface area contributed by atoms with Crippen LogP contribution in [0.4, 0.5) is 5.82 Å². The fourth-order valence-corrected chi connectivity index (χ4v) is 2.62. The number of nitrogens with one attached hydrogen (secondary N) is 2. The van der Waals surface area contributed by atoms with E-state index in [9.17, 15) is 15.0 Å². The number of rotatable bonds is 5. The van der Waals surface area contributed by atoms with Gasteiger partial charge in [-0.1, -0.05) is 24.1 Å². The lowest BCUT2D eigenvalue weighted by Gasteiger charge is -2.12. The molecule has 1 aromatic carbocycles. The third-order valence-electron chi connectivity index (χ3n) is 4.44. The number of aliphatic hydroxyl groups excluding tert-OH is 1. The number of hydrogen-bond donors (Lipinski definition) is 4. The smallest absolute Gasteiger partial charge is 0.242 e. The number of hydrogen-bond acceptors (Lipinski definition) is 6. The van der Waals surface area contributed by atoms with E-state index in [1.54, 1.807) is 38.4 Å². The third kappa shape index (κ3) is 5.27. The molecule has 2 aromatic heterocycles. The Morgan fingerprint density at radius 1 is 1.07 bits per heavy atom. The number of carbonyl (C=O) groups is 1. The molecule has 0 aliphatic carbocycles. The zero-order chi connectivity index (χ0) is 21.5. The van der Waals surface area contributed by atoms with Gasteiger partial charge in [0.15, 0.2) is 6.29 Å². The Morgan fingerprint density at radius 2 is 1.83 bits per heavy atom. The van der Waals surface area contributed by atoms with Gasteiger partial charge in [0.05, 0.1) is 6.04 Å². The second kappa shape index (κ2) is 9.76. The molecule has 0 radical (unpaired) electrons. The van der Waals surface area contributed by atoms with Crippen molar-refractivity contribution in [2.75, 3.05) is 12.4 Å². The molecule has 2 heterocycles. The maximum atomic E-state index is 12.2. The van der Waals surface area contributed by atoms with E-state index >= 15 is 0 Å². The maximum Gasteiger partial charge on any atom is 0.242 e. The van der Waals surface area contributed by atoms with E-state index in [-0.39, 0.29) is 17.5 Å². The van der Waals surface area contributed by atoms with Crippen molar-refractivity contribution in [2.24, 2.45) is 0 Å². The average molecular weight is 402 g/mol. The first kappa shape index (κ1) is 21.1. The van der Waals surface area contributed by atoms with E-state index in [4.69, 9.17) is 0 Å². The minimum atomic E-state index is -1.63. The van der Waals surface area contributed by atoms with Crippen LogP contribution in [0.5, 0.6) is 0 Å². The normalized spacial score (nSPS) is 11.5. The molecular weight excluding hydrogens is 380 g/mol. The second-order valence-corrected chi connectivity index (χ2v) is 6.59. The van der Waals surface area contributed by atoms with Gasteiger partial charge in [-0.3, -0.25) is 9.78 Å². The predicted molar refractivity (Wildman–Crippen MR) is 114 cm³/mol. The van der Waals surface area contributed by atoms with Crippen LogP contribution in [0.25, 0.3) is 11.1 Å². The Labute approximate surface area is 174 Å². The monoisotopic (exact) mass is 402 g/mol. The van der Waals surface area contributed by atoms with E-state index < -0.39 is 6.29 Å². The molecule has 7 heteroatoms. The molecule has 7 nitrogen and oxygen atoms in total. The van der Waals surface area contributed by atoms with Gasteiger partial charge >= 0.3 is 0 Å². The lowest BCUT2D eigenvalue weighted by Crippen LogP contribution is -2.35. The molecule has 0 saturated carbocycles. The number of amides is 1. The molecule has 3 rings (SSSR count). The number of pyridine rings is 2. The quantitative estimate of drug-likeness (QED) is 0.384. The first-order chi connectivity index (χ1) is 14.5. The third-order valence-corrected chi connectivity index (χ3v) is 4.44. The molecule has 30 heavy (non-hydrogen) atoms. The van der Waals surface area contributed by atoms with Gasteiger partial charge < -0.3 is 20.8 Å². The fourth-order valence-electron chi connectivity index (χ4n) is 2.62. The van der Waals surface area contributed by atoms with E-state index in [2.05, 4.69) is 32.4 Å². The van der Waals surface area contributed by atoms with Gasteiger partial charge in [-0.05, 0) is 50.2 Å². The highest BCUT2D eigenvalue weighted by atomic mass is 16.5. The van der Waals surface area contributed by atoms with E-state index in [1.165, 1.54) is 6.20 Å². The molecule has 1 unspecified atom stereocenters. The summed E-state index contributed by atoms with van der Waals surface area (Å²) in [4.78, 5) is 20.8. The zero-order valence-electron chi connectivity index (χ0n) is 16.6. The zero-order valence-corrected chi connectivity index (χ0v) is 16.6. The highest BCUT2D eigenvalue weighted by Gasteiger charge is 2.14. The lowest BCUT2D eigenvalue weighted by molar-refractivity contribution is -0.117. The highest BCUT2D eigenvalue weighted by Crippen LogP contribution is 2.25. The first-order valence-corrected chi connectivity index (χ1v) is 9.35. The molecule has 1 amide bonds. The van der Waals surface area contributed by atoms with Crippen LogP contribution in [0.15, 0.2) is 60.9 Å². The van der Waals surface area contributed by atoms with Crippen molar-refractivity contribution in [3.8, 4) is 23.0 Å². The van der Waals surface area contributed by atoms with Crippen LogP contribution in [0.2, 0.25) is 0 Å². The molecule has 0 saturated heterocycles. The molecule has 3 aromatic rings. The van der Waals surface area contributed by atoms with Crippen molar-refractivity contribution < 1.29 is 15.0 Å². The molecule has 4 N–H and O–H groups in total. The van der Waals surface area contributed by atoms with Crippen LogP contribution >= 0.6 is 0 Å². The summed E-state index contributed by atoms with van der Waals surface area (Å²) >= 11 is 0. The van der Waals surface area contributed by atoms with Crippen molar-refractivity contribution in [1.29, 1.82) is 0 Å². The van der Waals surface area contributed by atoms with Crippen molar-refractivity contribution in [2.45, 2.75) is 19.3 Å². The summed E-state index contributed by atoms with van der Waals surface area (Å²) in [5.41, 5.74) is 2.80. The van der Waals surface area contributed by atoms with Gasteiger partial charge in [0.25, 0.3) is 0 Å². The summed E-state index contributed by atoms with van der Waals surface area (Å²) in [6.07, 6.45) is 1.34. The van der Waals surface area contributed by atoms with E-state index in [1.807, 2.05) is 30.3 Å². The Hall–Kier alpha value is -3.57. The lowest BCUT2D eigenvalue weighted by atomic mass is 10.0. The number of aliphatic hydroxyl groups is 2. The molecule has 0 bridgehead atoms. The number of anilines is 1. The molecule has 0 aliphatic heterocycles. The number of carbonyl (C=O) groups excluding carboxylic acids is 1. The SMILES string of the molecule is CNC(C)C(=O)Nc1ccc(-c2cncc(C(O)O)c2)c(C#Cc2ccccc2)n1. The number of likely N-dealkylation sites (N-methyl/N-ethyl adjacent to an activating group) is 1. The van der Waals surface area contributed by atoms with Gasteiger partial charge in [0, 0.05) is 34.6 Å². The van der Waals surface area contributed by atoms with Crippen LogP contribution in [-0.2, 0) is 4.79 Å². The second-order valence-electron chi connectivity index (χ2n) is 6.59. The minimum Gasteiger partial charge on any atom is -0.364 e. The molecule has 0 spiro atoms. The average Bonchev–Trinajstić information content (AvgIpc) is 2.78. The van der Waals surface area contributed by atoms with Crippen LogP contribution in [-0.4, -0.2) is 39.2 Å². The molecule has 0 fully saturated rings. The van der Waals surface area contributed by atoms with Crippen molar-refractivity contribution >= 4 is 11.7 Å². The van der Waals surface area contributed by atoms with Gasteiger partial charge in [0.2, 0.25) is 5.91 Å². The highest BCUT2D eigenvalue weighted by molar-refractivity contribution is 5.94. The van der Waals surface area contributed by atoms with Gasteiger partial charge in [-0.2, -0.15) is 0 Å². The topological polar surface area (TPSA) is 107 Å². The Bertz CT molecular complexity index is 1090. The van der Waals surface area contributed by atoms with Crippen LogP contribution in [0.3, 0.4) is 0 Å². The molecule has 1 atom stereocenters. The van der Waals surface area contributed by atoms with Gasteiger partial charge in [-0.25, -0.2) is 4.98 Å². The number of benzene rings is 1. The van der Waals surface area contributed by atoms with Gasteiger partial charge in [0.1, 0.15) is 11.5 Å². The van der Waals surface area contributed by atoms with Crippen LogP contribution < -0.4 is 10.6 Å². The van der Waals surface area contributed by atoms with Crippen LogP contribution in [0, 0.1) is 11.8 Å². The summed E-state index contributed by atoms with van der Waals surface area (Å²) in [6, 6.07) is 14.1. The summed E-state index contributed by atoms with van der Waals surface area (Å²) in [5.74, 6) is 6.27. The summed E-state index contributed by atoms with van der Waals surface area (Å²) < 4.78 is 0. The van der Waals surface area contributed by atoms with Crippen LogP contribution in [0.1, 0.15) is 30.0 Å². The molecular formula is C23H22N4O3. The van der Waals surface area contributed by atoms with Gasteiger partial charge in [-0.15, -0.1) is 0 Å². The Kier molecular flexibility index (Phi) is 6.88. The van der Waals surface area contributed by atoms with E-state index in [0.717, 1.165) is 5.56 Å². The summed E-state index contributed by atoms with van der Waals surface area (Å²) in [7, 11) is 1.70. The van der Waals surface area contributed by atoms with Crippen molar-refractivity contribution in [3.63, 3.8) is 0 Å². The molecule has 0 aliphatic rings. The minimum absolute atomic E-state index is 0.216.